The van der Waals surface area contributed by atoms with Crippen molar-refractivity contribution < 1.29 is 24.5 Å². The Balaban J connectivity index is 3.30. The summed E-state index contributed by atoms with van der Waals surface area (Å²) in [6.45, 7) is 5.02. The molecule has 0 aromatic heterocycles. The summed E-state index contributed by atoms with van der Waals surface area (Å²) in [4.78, 5) is 24.6. The highest BCUT2D eigenvalue weighted by Gasteiger charge is 2.20. The van der Waals surface area contributed by atoms with Gasteiger partial charge in [-0.3, -0.25) is 9.59 Å². The number of amides is 1. The number of rotatable bonds is 76. The summed E-state index contributed by atoms with van der Waals surface area (Å²) in [7, 11) is 0. The van der Waals surface area contributed by atoms with Crippen molar-refractivity contribution in [1.29, 1.82) is 0 Å². The number of hydrogen-bond donors (Lipinski definition) is 3. The second-order valence-corrected chi connectivity index (χ2v) is 27.8. The molecule has 0 spiro atoms. The first-order valence-electron chi connectivity index (χ1n) is 39.8. The number of esters is 1. The first kappa shape index (κ1) is 83.9. The molecule has 508 valence electrons. The number of unbranched alkanes of at least 4 members (excludes halogenated alkanes) is 65. The molecule has 0 heterocycles. The highest BCUT2D eigenvalue weighted by molar-refractivity contribution is 5.76. The Bertz CT molecular complexity index is 1240. The maximum absolute atomic E-state index is 12.6. The molecule has 0 aliphatic rings. The molecule has 0 rings (SSSR count). The van der Waals surface area contributed by atoms with E-state index in [-0.39, 0.29) is 18.5 Å². The first-order valence-corrected chi connectivity index (χ1v) is 39.8. The van der Waals surface area contributed by atoms with E-state index < -0.39 is 12.1 Å². The zero-order chi connectivity index (χ0) is 61.3. The van der Waals surface area contributed by atoms with Crippen LogP contribution in [-0.2, 0) is 14.3 Å². The average molecular weight is 1200 g/mol. The van der Waals surface area contributed by atoms with E-state index in [0.29, 0.717) is 25.9 Å². The van der Waals surface area contributed by atoms with Crippen molar-refractivity contribution in [2.45, 2.75) is 482 Å². The van der Waals surface area contributed by atoms with E-state index in [1.807, 2.05) is 0 Å². The molecule has 0 saturated carbocycles. The summed E-state index contributed by atoms with van der Waals surface area (Å²) in [5.41, 5.74) is 0. The van der Waals surface area contributed by atoms with Crippen LogP contribution in [0.25, 0.3) is 0 Å². The molecule has 3 N–H and O–H groups in total. The third kappa shape index (κ3) is 71.8. The SMILES string of the molecule is CCCCCCCCCCCCCCCCCCCCCCC(O)C(CO)NC(=O)CCCCCCCCCCCCCCCCCCCCCCCCCCCCCCCCCCCOC(=O)CCCCCCCCCCCCCCCCC. The van der Waals surface area contributed by atoms with Gasteiger partial charge in [0, 0.05) is 12.8 Å². The molecule has 0 radical (unpaired) electrons. The van der Waals surface area contributed by atoms with Gasteiger partial charge in [0.1, 0.15) is 0 Å². The summed E-state index contributed by atoms with van der Waals surface area (Å²) in [5, 5.41) is 23.4. The molecular formula is C79H157NO5. The molecule has 0 aromatic carbocycles. The third-order valence-corrected chi connectivity index (χ3v) is 19.2. The predicted octanol–water partition coefficient (Wildman–Crippen LogP) is 26.1. The van der Waals surface area contributed by atoms with Crippen LogP contribution >= 0.6 is 0 Å². The number of nitrogens with one attached hydrogen (secondary N) is 1. The largest absolute Gasteiger partial charge is 0.466 e. The van der Waals surface area contributed by atoms with Crippen LogP contribution in [0.3, 0.4) is 0 Å². The number of aliphatic hydroxyl groups is 2. The molecule has 0 aliphatic heterocycles. The molecular weight excluding hydrogens is 1040 g/mol. The minimum atomic E-state index is -0.661. The lowest BCUT2D eigenvalue weighted by Gasteiger charge is -2.22. The fourth-order valence-corrected chi connectivity index (χ4v) is 13.1. The van der Waals surface area contributed by atoms with Gasteiger partial charge < -0.3 is 20.3 Å². The minimum Gasteiger partial charge on any atom is -0.466 e. The Kier molecular flexibility index (Phi) is 74.3. The third-order valence-electron chi connectivity index (χ3n) is 19.2. The van der Waals surface area contributed by atoms with Crippen LogP contribution in [0.5, 0.6) is 0 Å². The zero-order valence-corrected chi connectivity index (χ0v) is 58.4. The van der Waals surface area contributed by atoms with E-state index in [1.54, 1.807) is 0 Å². The lowest BCUT2D eigenvalue weighted by molar-refractivity contribution is -0.143. The topological polar surface area (TPSA) is 95.9 Å². The van der Waals surface area contributed by atoms with Gasteiger partial charge in [0.05, 0.1) is 25.4 Å². The van der Waals surface area contributed by atoms with Gasteiger partial charge in [-0.2, -0.15) is 0 Å². The van der Waals surface area contributed by atoms with Gasteiger partial charge in [-0.05, 0) is 25.7 Å². The van der Waals surface area contributed by atoms with Crippen LogP contribution in [-0.4, -0.2) is 47.4 Å². The number of hydrogen-bond acceptors (Lipinski definition) is 5. The normalized spacial score (nSPS) is 12.4. The number of ether oxygens (including phenoxy) is 1. The van der Waals surface area contributed by atoms with Gasteiger partial charge >= 0.3 is 5.97 Å². The van der Waals surface area contributed by atoms with Crippen LogP contribution in [0.2, 0.25) is 0 Å². The molecule has 2 atom stereocenters. The highest BCUT2D eigenvalue weighted by atomic mass is 16.5. The van der Waals surface area contributed by atoms with Crippen LogP contribution in [0.15, 0.2) is 0 Å². The van der Waals surface area contributed by atoms with Crippen LogP contribution in [0.4, 0.5) is 0 Å². The molecule has 0 aliphatic carbocycles. The molecule has 0 bridgehead atoms. The Morgan fingerprint density at radius 3 is 0.718 bits per heavy atom. The Morgan fingerprint density at radius 1 is 0.282 bits per heavy atom. The first-order chi connectivity index (χ1) is 42.0. The van der Waals surface area contributed by atoms with Crippen molar-refractivity contribution >= 4 is 11.9 Å². The molecule has 85 heavy (non-hydrogen) atoms. The van der Waals surface area contributed by atoms with Gasteiger partial charge in [0.2, 0.25) is 5.91 Å². The predicted molar refractivity (Wildman–Crippen MR) is 375 cm³/mol. The van der Waals surface area contributed by atoms with Gasteiger partial charge in [-0.1, -0.05) is 431 Å². The van der Waals surface area contributed by atoms with Crippen molar-refractivity contribution in [1.82, 2.24) is 5.32 Å². The fourth-order valence-electron chi connectivity index (χ4n) is 13.1. The van der Waals surface area contributed by atoms with Gasteiger partial charge in [0.15, 0.2) is 0 Å². The monoisotopic (exact) mass is 1200 g/mol. The number of aliphatic hydroxyl groups excluding tert-OH is 2. The lowest BCUT2D eigenvalue weighted by atomic mass is 10.0. The van der Waals surface area contributed by atoms with Crippen molar-refractivity contribution in [2.75, 3.05) is 13.2 Å². The quantitative estimate of drug-likeness (QED) is 0.0417. The van der Waals surface area contributed by atoms with E-state index in [4.69, 9.17) is 4.74 Å². The fraction of sp³-hybridized carbons (Fsp3) is 0.975. The Hall–Kier alpha value is -1.14. The van der Waals surface area contributed by atoms with Crippen LogP contribution < -0.4 is 5.32 Å². The molecule has 0 aromatic rings. The molecule has 6 heteroatoms. The molecule has 6 nitrogen and oxygen atoms in total. The summed E-state index contributed by atoms with van der Waals surface area (Å²) >= 11 is 0. The average Bonchev–Trinajstić information content (AvgIpc) is 3.51. The summed E-state index contributed by atoms with van der Waals surface area (Å²) in [6, 6.07) is -0.537. The van der Waals surface area contributed by atoms with Crippen molar-refractivity contribution in [3.63, 3.8) is 0 Å². The highest BCUT2D eigenvalue weighted by Crippen LogP contribution is 2.21. The maximum Gasteiger partial charge on any atom is 0.305 e. The molecule has 0 saturated heterocycles. The Morgan fingerprint density at radius 2 is 0.482 bits per heavy atom. The Labute approximate surface area is 534 Å². The van der Waals surface area contributed by atoms with Crippen molar-refractivity contribution in [3.05, 3.63) is 0 Å². The van der Waals surface area contributed by atoms with Crippen LogP contribution in [0.1, 0.15) is 470 Å². The summed E-state index contributed by atoms with van der Waals surface area (Å²) in [6.07, 6.45) is 93.4. The number of carbonyl (C=O) groups excluding carboxylic acids is 2. The molecule has 1 amide bonds. The molecule has 2 unspecified atom stereocenters. The summed E-state index contributed by atoms with van der Waals surface area (Å²) < 4.78 is 5.51. The van der Waals surface area contributed by atoms with Gasteiger partial charge in [-0.15, -0.1) is 0 Å². The second-order valence-electron chi connectivity index (χ2n) is 27.8. The maximum atomic E-state index is 12.6. The van der Waals surface area contributed by atoms with Crippen molar-refractivity contribution in [3.8, 4) is 0 Å². The van der Waals surface area contributed by atoms with Gasteiger partial charge in [0.25, 0.3) is 0 Å². The van der Waals surface area contributed by atoms with Gasteiger partial charge in [-0.25, -0.2) is 0 Å². The van der Waals surface area contributed by atoms with E-state index in [1.165, 1.54) is 398 Å². The van der Waals surface area contributed by atoms with E-state index in [0.717, 1.165) is 38.5 Å². The zero-order valence-electron chi connectivity index (χ0n) is 58.4. The van der Waals surface area contributed by atoms with E-state index in [2.05, 4.69) is 19.2 Å². The smallest absolute Gasteiger partial charge is 0.305 e. The summed E-state index contributed by atoms with van der Waals surface area (Å²) in [5.74, 6) is 0.00184. The molecule has 0 fully saturated rings. The number of carbonyl (C=O) groups is 2. The van der Waals surface area contributed by atoms with Crippen molar-refractivity contribution in [2.24, 2.45) is 0 Å². The lowest BCUT2D eigenvalue weighted by Crippen LogP contribution is -2.45. The van der Waals surface area contributed by atoms with E-state index in [9.17, 15) is 19.8 Å². The second kappa shape index (κ2) is 75.3. The van der Waals surface area contributed by atoms with E-state index >= 15 is 0 Å². The minimum absolute atomic E-state index is 0.0243. The standard InChI is InChI=1S/C79H157NO5/c1-3-5-7-9-11-13-15-17-19-20-21-37-40-44-47-51-55-59-63-67-71-77(82)76(75-81)80-78(83)72-68-64-60-56-52-48-45-41-38-35-33-31-29-27-25-23-22-24-26-28-30-32-34-36-39-42-46-50-54-58-62-66-70-74-85-79(84)73-69-65-61-57-53-49-43-18-16-14-12-10-8-6-4-2/h76-77,81-82H,3-75H2,1-2H3,(H,80,83). The van der Waals surface area contributed by atoms with Crippen LogP contribution in [0, 0.1) is 0 Å².